The maximum atomic E-state index is 12.5. The molecule has 0 saturated carbocycles. The predicted octanol–water partition coefficient (Wildman–Crippen LogP) is 4.39. The Hall–Kier alpha value is -2.38. The Morgan fingerprint density at radius 1 is 1.26 bits per heavy atom. The molecule has 0 saturated heterocycles. The van der Waals surface area contributed by atoms with Crippen LogP contribution >= 0.6 is 22.9 Å². The van der Waals surface area contributed by atoms with E-state index < -0.39 is 5.97 Å². The van der Waals surface area contributed by atoms with E-state index in [-0.39, 0.29) is 30.3 Å². The Bertz CT molecular complexity index is 890. The second-order valence-corrected chi connectivity index (χ2v) is 7.09. The van der Waals surface area contributed by atoms with Gasteiger partial charge in [0.15, 0.2) is 11.6 Å². The maximum absolute atomic E-state index is 12.5. The van der Waals surface area contributed by atoms with Crippen molar-refractivity contribution < 1.29 is 23.9 Å². The first-order chi connectivity index (χ1) is 12.8. The second-order valence-electron chi connectivity index (χ2n) is 5.66. The van der Waals surface area contributed by atoms with Crippen molar-refractivity contribution in [2.75, 3.05) is 25.6 Å². The number of anilines is 1. The highest BCUT2D eigenvalue weighted by Crippen LogP contribution is 2.34. The molecule has 1 N–H and O–H groups in total. The lowest BCUT2D eigenvalue weighted by Gasteiger charge is -2.09. The summed E-state index contributed by atoms with van der Waals surface area (Å²) >= 11 is 7.19. The van der Waals surface area contributed by atoms with Gasteiger partial charge in [0.1, 0.15) is 10.8 Å². The van der Waals surface area contributed by atoms with Crippen LogP contribution in [-0.4, -0.2) is 37.8 Å². The molecule has 0 fully saturated rings. The van der Waals surface area contributed by atoms with Crippen molar-refractivity contribution >= 4 is 45.5 Å². The fourth-order valence-corrected chi connectivity index (χ4v) is 3.87. The summed E-state index contributed by atoms with van der Waals surface area (Å²) < 4.78 is 10.1. The summed E-state index contributed by atoms with van der Waals surface area (Å²) in [6.45, 7) is 4.98. The summed E-state index contributed by atoms with van der Waals surface area (Å²) in [5, 5.41) is 3.73. The van der Waals surface area contributed by atoms with E-state index in [0.717, 1.165) is 11.3 Å². The molecule has 1 aromatic carbocycles. The van der Waals surface area contributed by atoms with Gasteiger partial charge >= 0.3 is 5.97 Å². The van der Waals surface area contributed by atoms with Gasteiger partial charge in [-0.3, -0.25) is 9.59 Å². The van der Waals surface area contributed by atoms with Crippen LogP contribution in [0, 0.1) is 6.92 Å². The number of carbonyl (C=O) groups is 3. The number of nitrogens with one attached hydrogen (secondary N) is 1. The molecule has 0 aliphatic carbocycles. The molecule has 144 valence electrons. The summed E-state index contributed by atoms with van der Waals surface area (Å²) in [5.41, 5.74) is 1.24. The Balaban J connectivity index is 2.25. The van der Waals surface area contributed by atoms with Gasteiger partial charge in [0.2, 0.25) is 0 Å². The highest BCUT2D eigenvalue weighted by Gasteiger charge is 2.24. The molecule has 0 radical (unpaired) electrons. The fourth-order valence-electron chi connectivity index (χ4n) is 2.53. The van der Waals surface area contributed by atoms with Gasteiger partial charge in [-0.05, 0) is 44.5 Å². The van der Waals surface area contributed by atoms with Crippen LogP contribution in [0.4, 0.5) is 5.00 Å². The zero-order valence-corrected chi connectivity index (χ0v) is 17.0. The SMILES string of the molecule is CCOC(=O)c1c(NCC(=O)c2ccc(OC)c(Cl)c2)sc(C(C)=O)c1C. The van der Waals surface area contributed by atoms with Crippen molar-refractivity contribution in [1.29, 1.82) is 0 Å². The number of Topliss-reactive ketones (excluding diaryl/α,β-unsaturated/α-hetero) is 2. The third-order valence-electron chi connectivity index (χ3n) is 3.83. The molecule has 0 aliphatic heterocycles. The molecule has 2 rings (SSSR count). The number of thiophene rings is 1. The van der Waals surface area contributed by atoms with E-state index in [2.05, 4.69) is 5.32 Å². The lowest BCUT2D eigenvalue weighted by atomic mass is 10.1. The van der Waals surface area contributed by atoms with Crippen molar-refractivity contribution in [3.63, 3.8) is 0 Å². The molecule has 8 heteroatoms. The minimum absolute atomic E-state index is 0.0631. The van der Waals surface area contributed by atoms with E-state index >= 15 is 0 Å². The molecule has 0 unspecified atom stereocenters. The normalized spacial score (nSPS) is 10.4. The fraction of sp³-hybridized carbons (Fsp3) is 0.316. The number of hydrogen-bond acceptors (Lipinski definition) is 7. The highest BCUT2D eigenvalue weighted by atomic mass is 35.5. The molecule has 0 bridgehead atoms. The number of ketones is 2. The number of ether oxygens (including phenoxy) is 2. The standard InChI is InChI=1S/C19H20ClNO5S/c1-5-26-19(24)16-10(2)17(11(3)22)27-18(16)21-9-14(23)12-6-7-15(25-4)13(20)8-12/h6-8,21H,5,9H2,1-4H3. The zero-order chi connectivity index (χ0) is 20.1. The maximum Gasteiger partial charge on any atom is 0.341 e. The van der Waals surface area contributed by atoms with Gasteiger partial charge in [-0.2, -0.15) is 0 Å². The average molecular weight is 410 g/mol. The number of rotatable bonds is 8. The number of methoxy groups -OCH3 is 1. The van der Waals surface area contributed by atoms with Crippen LogP contribution in [0.2, 0.25) is 5.02 Å². The second kappa shape index (κ2) is 9.01. The monoisotopic (exact) mass is 409 g/mol. The minimum atomic E-state index is -0.527. The summed E-state index contributed by atoms with van der Waals surface area (Å²) in [7, 11) is 1.49. The molecule has 1 aromatic heterocycles. The number of halogens is 1. The molecule has 2 aromatic rings. The largest absolute Gasteiger partial charge is 0.495 e. The quantitative estimate of drug-likeness (QED) is 0.514. The molecule has 27 heavy (non-hydrogen) atoms. The first-order valence-corrected chi connectivity index (χ1v) is 9.41. The van der Waals surface area contributed by atoms with E-state index in [9.17, 15) is 14.4 Å². The van der Waals surface area contributed by atoms with Gasteiger partial charge < -0.3 is 14.8 Å². The van der Waals surface area contributed by atoms with Crippen LogP contribution in [0.3, 0.4) is 0 Å². The molecule has 1 heterocycles. The molecular weight excluding hydrogens is 390 g/mol. The van der Waals surface area contributed by atoms with E-state index in [1.54, 1.807) is 26.0 Å². The number of carbonyl (C=O) groups excluding carboxylic acids is 3. The third-order valence-corrected chi connectivity index (χ3v) is 5.48. The van der Waals surface area contributed by atoms with Crippen molar-refractivity contribution in [2.45, 2.75) is 20.8 Å². The van der Waals surface area contributed by atoms with Crippen LogP contribution in [0.1, 0.15) is 49.8 Å². The highest BCUT2D eigenvalue weighted by molar-refractivity contribution is 7.18. The number of benzene rings is 1. The first kappa shape index (κ1) is 20.9. The van der Waals surface area contributed by atoms with Crippen LogP contribution < -0.4 is 10.1 Å². The number of hydrogen-bond donors (Lipinski definition) is 1. The van der Waals surface area contributed by atoms with Crippen molar-refractivity contribution in [3.8, 4) is 5.75 Å². The first-order valence-electron chi connectivity index (χ1n) is 8.22. The number of esters is 1. The molecule has 0 atom stereocenters. The van der Waals surface area contributed by atoms with Crippen LogP contribution in [-0.2, 0) is 4.74 Å². The van der Waals surface area contributed by atoms with Crippen LogP contribution in [0.5, 0.6) is 5.75 Å². The Morgan fingerprint density at radius 2 is 1.96 bits per heavy atom. The van der Waals surface area contributed by atoms with E-state index in [4.69, 9.17) is 21.1 Å². The average Bonchev–Trinajstić information content (AvgIpc) is 2.96. The van der Waals surface area contributed by atoms with E-state index in [0.29, 0.717) is 31.8 Å². The molecule has 0 spiro atoms. The summed E-state index contributed by atoms with van der Waals surface area (Å²) in [6.07, 6.45) is 0. The Labute approximate surface area is 166 Å². The van der Waals surface area contributed by atoms with Gasteiger partial charge in [0.25, 0.3) is 0 Å². The lowest BCUT2D eigenvalue weighted by Crippen LogP contribution is -2.16. The van der Waals surface area contributed by atoms with E-state index in [1.807, 2.05) is 0 Å². The van der Waals surface area contributed by atoms with Crippen LogP contribution in [0.15, 0.2) is 18.2 Å². The van der Waals surface area contributed by atoms with Gasteiger partial charge in [-0.15, -0.1) is 11.3 Å². The van der Waals surface area contributed by atoms with Crippen molar-refractivity contribution in [3.05, 3.63) is 44.8 Å². The van der Waals surface area contributed by atoms with Gasteiger partial charge in [0, 0.05) is 5.56 Å². The molecular formula is C19H20ClNO5S. The van der Waals surface area contributed by atoms with Crippen molar-refractivity contribution in [1.82, 2.24) is 0 Å². The van der Waals surface area contributed by atoms with Crippen molar-refractivity contribution in [2.24, 2.45) is 0 Å². The topological polar surface area (TPSA) is 81.7 Å². The third kappa shape index (κ3) is 4.67. The molecule has 0 aliphatic rings. The molecule has 6 nitrogen and oxygen atoms in total. The summed E-state index contributed by atoms with van der Waals surface area (Å²) in [4.78, 5) is 37.0. The lowest BCUT2D eigenvalue weighted by molar-refractivity contribution is 0.0527. The van der Waals surface area contributed by atoms with Crippen LogP contribution in [0.25, 0.3) is 0 Å². The van der Waals surface area contributed by atoms with Gasteiger partial charge in [-0.25, -0.2) is 4.79 Å². The minimum Gasteiger partial charge on any atom is -0.495 e. The summed E-state index contributed by atoms with van der Waals surface area (Å²) in [6, 6.07) is 4.75. The Morgan fingerprint density at radius 3 is 2.52 bits per heavy atom. The Kier molecular flexibility index (Phi) is 6.98. The summed E-state index contributed by atoms with van der Waals surface area (Å²) in [5.74, 6) is -0.416. The predicted molar refractivity (Wildman–Crippen MR) is 106 cm³/mol. The smallest absolute Gasteiger partial charge is 0.341 e. The van der Waals surface area contributed by atoms with E-state index in [1.165, 1.54) is 20.1 Å². The van der Waals surface area contributed by atoms with Gasteiger partial charge in [-0.1, -0.05) is 11.6 Å². The molecule has 0 amide bonds. The van der Waals surface area contributed by atoms with Gasteiger partial charge in [0.05, 0.1) is 35.7 Å². The zero-order valence-electron chi connectivity index (χ0n) is 15.5.